The third-order valence-electron chi connectivity index (χ3n) is 5.89. The number of fused-ring (bicyclic) bond motifs is 1. The number of aryl methyl sites for hydroxylation is 2. The number of benzene rings is 1. The van der Waals surface area contributed by atoms with E-state index in [0.29, 0.717) is 11.9 Å². The molecule has 2 aromatic heterocycles. The number of methoxy groups -OCH3 is 1. The molecule has 0 saturated heterocycles. The summed E-state index contributed by atoms with van der Waals surface area (Å²) in [5.41, 5.74) is 3.76. The molecule has 29 heavy (non-hydrogen) atoms. The molecular formula is C21H26ClN5O2. The first kappa shape index (κ1) is 19.8. The first-order valence-corrected chi connectivity index (χ1v) is 10.2. The second kappa shape index (κ2) is 8.08. The Bertz CT molecular complexity index is 1080. The minimum atomic E-state index is 0.00172. The lowest BCUT2D eigenvalue weighted by atomic mass is 9.91. The second-order valence-corrected chi connectivity index (χ2v) is 7.91. The van der Waals surface area contributed by atoms with E-state index in [1.54, 1.807) is 24.9 Å². The van der Waals surface area contributed by atoms with Gasteiger partial charge in [0.15, 0.2) is 0 Å². The molecule has 1 aromatic carbocycles. The van der Waals surface area contributed by atoms with Crippen LogP contribution in [0.15, 0.2) is 35.3 Å². The van der Waals surface area contributed by atoms with Gasteiger partial charge in [-0.2, -0.15) is 0 Å². The van der Waals surface area contributed by atoms with Crippen molar-refractivity contribution in [2.45, 2.75) is 44.7 Å². The van der Waals surface area contributed by atoms with Gasteiger partial charge in [0.1, 0.15) is 11.6 Å². The highest BCUT2D eigenvalue weighted by Crippen LogP contribution is 2.31. The largest absolute Gasteiger partial charge is 0.497 e. The zero-order chi connectivity index (χ0) is 20.5. The third-order valence-corrected chi connectivity index (χ3v) is 6.20. The van der Waals surface area contributed by atoms with E-state index >= 15 is 0 Å². The van der Waals surface area contributed by atoms with Gasteiger partial charge in [-0.25, -0.2) is 14.6 Å². The van der Waals surface area contributed by atoms with Gasteiger partial charge in [0.05, 0.1) is 24.3 Å². The standard InChI is InChI=1S/C21H26ClN5O2/c1-13-10-16(29-3)8-9-17(13)24-20-11-18-19(12-23-20)26(2)21(28)27(18)15-6-4-14(25-22)5-7-15/h8-12,14-15,25H,4-7H2,1-3H3,(H,23,24). The average molecular weight is 416 g/mol. The van der Waals surface area contributed by atoms with E-state index in [1.165, 1.54) is 0 Å². The van der Waals surface area contributed by atoms with Crippen LogP contribution in [0.25, 0.3) is 11.0 Å². The van der Waals surface area contributed by atoms with Gasteiger partial charge < -0.3 is 10.1 Å². The first-order valence-electron chi connectivity index (χ1n) is 9.86. The summed E-state index contributed by atoms with van der Waals surface area (Å²) >= 11 is 5.79. The lowest BCUT2D eigenvalue weighted by Crippen LogP contribution is -2.32. The summed E-state index contributed by atoms with van der Waals surface area (Å²) in [5.74, 6) is 1.52. The Balaban J connectivity index is 1.69. The summed E-state index contributed by atoms with van der Waals surface area (Å²) in [5, 5.41) is 3.37. The van der Waals surface area contributed by atoms with E-state index in [0.717, 1.165) is 53.7 Å². The quantitative estimate of drug-likeness (QED) is 0.615. The van der Waals surface area contributed by atoms with Crippen molar-refractivity contribution in [3.63, 3.8) is 0 Å². The van der Waals surface area contributed by atoms with Crippen molar-refractivity contribution >= 4 is 34.3 Å². The lowest BCUT2D eigenvalue weighted by molar-refractivity contribution is 0.312. The number of hydrogen-bond donors (Lipinski definition) is 2. The van der Waals surface area contributed by atoms with E-state index in [4.69, 9.17) is 16.5 Å². The van der Waals surface area contributed by atoms with Crippen molar-refractivity contribution in [3.05, 3.63) is 46.5 Å². The number of rotatable bonds is 5. The summed E-state index contributed by atoms with van der Waals surface area (Å²) in [6, 6.07) is 8.31. The topological polar surface area (TPSA) is 73.1 Å². The molecule has 8 heteroatoms. The Morgan fingerprint density at radius 1 is 1.17 bits per heavy atom. The molecule has 0 radical (unpaired) electrons. The van der Waals surface area contributed by atoms with Gasteiger partial charge in [0.2, 0.25) is 0 Å². The van der Waals surface area contributed by atoms with Crippen LogP contribution < -0.4 is 20.6 Å². The van der Waals surface area contributed by atoms with Crippen LogP contribution in [0.4, 0.5) is 11.5 Å². The molecule has 1 fully saturated rings. The minimum Gasteiger partial charge on any atom is -0.497 e. The molecule has 0 spiro atoms. The van der Waals surface area contributed by atoms with Crippen LogP contribution in [-0.4, -0.2) is 27.3 Å². The number of nitrogens with zero attached hydrogens (tertiary/aromatic N) is 3. The van der Waals surface area contributed by atoms with Crippen LogP contribution in [0, 0.1) is 6.92 Å². The molecule has 1 saturated carbocycles. The van der Waals surface area contributed by atoms with Crippen molar-refractivity contribution in [1.29, 1.82) is 0 Å². The fourth-order valence-corrected chi connectivity index (χ4v) is 4.38. The second-order valence-electron chi connectivity index (χ2n) is 7.69. The van der Waals surface area contributed by atoms with Crippen LogP contribution in [0.2, 0.25) is 0 Å². The Kier molecular flexibility index (Phi) is 5.52. The number of hydrogen-bond acceptors (Lipinski definition) is 5. The normalized spacial score (nSPS) is 19.4. The van der Waals surface area contributed by atoms with Crippen LogP contribution in [0.1, 0.15) is 37.3 Å². The van der Waals surface area contributed by atoms with E-state index in [9.17, 15) is 4.79 Å². The molecule has 7 nitrogen and oxygen atoms in total. The zero-order valence-corrected chi connectivity index (χ0v) is 17.7. The number of pyridine rings is 1. The molecular weight excluding hydrogens is 390 g/mol. The third kappa shape index (κ3) is 3.72. The van der Waals surface area contributed by atoms with Gasteiger partial charge in [-0.1, -0.05) is 0 Å². The number of halogens is 1. The monoisotopic (exact) mass is 415 g/mol. The number of anilines is 2. The maximum absolute atomic E-state index is 13.0. The van der Waals surface area contributed by atoms with Gasteiger partial charge in [0, 0.05) is 30.9 Å². The summed E-state index contributed by atoms with van der Waals surface area (Å²) in [6.07, 6.45) is 5.52. The van der Waals surface area contributed by atoms with Crippen molar-refractivity contribution in [1.82, 2.24) is 19.0 Å². The summed E-state index contributed by atoms with van der Waals surface area (Å²) < 4.78 is 8.88. The van der Waals surface area contributed by atoms with Gasteiger partial charge in [-0.3, -0.25) is 9.13 Å². The molecule has 0 aliphatic heterocycles. The lowest BCUT2D eigenvalue weighted by Gasteiger charge is -2.28. The van der Waals surface area contributed by atoms with E-state index in [1.807, 2.05) is 35.8 Å². The maximum atomic E-state index is 13.0. The average Bonchev–Trinajstić information content (AvgIpc) is 2.99. The predicted molar refractivity (Wildman–Crippen MR) is 116 cm³/mol. The fraction of sp³-hybridized carbons (Fsp3) is 0.429. The van der Waals surface area contributed by atoms with E-state index < -0.39 is 0 Å². The Labute approximate surface area is 174 Å². The SMILES string of the molecule is COc1ccc(Nc2cc3c(cn2)n(C)c(=O)n3C2CCC(NCl)CC2)c(C)c1. The van der Waals surface area contributed by atoms with Crippen LogP contribution in [-0.2, 0) is 7.05 Å². The highest BCUT2D eigenvalue weighted by atomic mass is 35.5. The molecule has 154 valence electrons. The van der Waals surface area contributed by atoms with Crippen LogP contribution in [0.3, 0.4) is 0 Å². The molecule has 2 heterocycles. The van der Waals surface area contributed by atoms with Crippen molar-refractivity contribution in [2.24, 2.45) is 7.05 Å². The summed E-state index contributed by atoms with van der Waals surface area (Å²) in [6.45, 7) is 2.02. The molecule has 3 aromatic rings. The van der Waals surface area contributed by atoms with Crippen LogP contribution in [0.5, 0.6) is 5.75 Å². The number of imidazole rings is 1. The smallest absolute Gasteiger partial charge is 0.329 e. The van der Waals surface area contributed by atoms with Gasteiger partial charge >= 0.3 is 5.69 Å². The van der Waals surface area contributed by atoms with Gasteiger partial charge in [0.25, 0.3) is 0 Å². The Hall–Kier alpha value is -2.51. The van der Waals surface area contributed by atoms with E-state index in [2.05, 4.69) is 15.1 Å². The fourth-order valence-electron chi connectivity index (χ4n) is 4.16. The van der Waals surface area contributed by atoms with Gasteiger partial charge in [-0.15, -0.1) is 0 Å². The summed E-state index contributed by atoms with van der Waals surface area (Å²) in [4.78, 5) is 20.3. The van der Waals surface area contributed by atoms with Crippen LogP contribution >= 0.6 is 11.8 Å². The highest BCUT2D eigenvalue weighted by molar-refractivity contribution is 6.13. The number of aromatic nitrogens is 3. The Morgan fingerprint density at radius 3 is 2.59 bits per heavy atom. The van der Waals surface area contributed by atoms with Gasteiger partial charge in [-0.05, 0) is 68.1 Å². The zero-order valence-electron chi connectivity index (χ0n) is 16.9. The number of nitrogens with one attached hydrogen (secondary N) is 2. The molecule has 4 rings (SSSR count). The highest BCUT2D eigenvalue weighted by Gasteiger charge is 2.25. The first-order chi connectivity index (χ1) is 14.0. The Morgan fingerprint density at radius 2 is 1.93 bits per heavy atom. The van der Waals surface area contributed by atoms with Crippen molar-refractivity contribution in [3.8, 4) is 5.75 Å². The van der Waals surface area contributed by atoms with Crippen molar-refractivity contribution in [2.75, 3.05) is 12.4 Å². The number of ether oxygens (including phenoxy) is 1. The minimum absolute atomic E-state index is 0.00172. The maximum Gasteiger partial charge on any atom is 0.329 e. The molecule has 0 amide bonds. The molecule has 2 N–H and O–H groups in total. The molecule has 0 atom stereocenters. The predicted octanol–water partition coefficient (Wildman–Crippen LogP) is 4.02. The molecule has 1 aliphatic rings. The molecule has 0 bridgehead atoms. The van der Waals surface area contributed by atoms with Crippen molar-refractivity contribution < 1.29 is 4.74 Å². The molecule has 0 unspecified atom stereocenters. The summed E-state index contributed by atoms with van der Waals surface area (Å²) in [7, 11) is 3.46. The van der Waals surface area contributed by atoms with E-state index in [-0.39, 0.29) is 11.7 Å². The molecule has 1 aliphatic carbocycles.